The summed E-state index contributed by atoms with van der Waals surface area (Å²) >= 11 is 0. The molecule has 0 heterocycles. The van der Waals surface area contributed by atoms with Crippen LogP contribution in [0.5, 0.6) is 5.75 Å². The Kier molecular flexibility index (Phi) is 4.65. The molecule has 0 spiro atoms. The van der Waals surface area contributed by atoms with Crippen LogP contribution in [0.15, 0.2) is 18.2 Å². The van der Waals surface area contributed by atoms with Crippen LogP contribution >= 0.6 is 0 Å². The van der Waals surface area contributed by atoms with Crippen LogP contribution in [0.25, 0.3) is 0 Å². The van der Waals surface area contributed by atoms with Crippen LogP contribution in [-0.4, -0.2) is 6.10 Å². The maximum absolute atomic E-state index is 13.0. The first-order valence-corrected chi connectivity index (χ1v) is 6.13. The van der Waals surface area contributed by atoms with Gasteiger partial charge >= 0.3 is 6.18 Å². The van der Waals surface area contributed by atoms with E-state index in [2.05, 4.69) is 0 Å². The van der Waals surface area contributed by atoms with E-state index in [1.165, 1.54) is 12.1 Å². The molecule has 1 nitrogen and oxygen atoms in total. The van der Waals surface area contributed by atoms with E-state index in [1.807, 2.05) is 20.8 Å². The number of hydrogen-bond acceptors (Lipinski definition) is 1. The fraction of sp³-hybridized carbons (Fsp3) is 0.571. The lowest BCUT2D eigenvalue weighted by Crippen LogP contribution is -2.15. The summed E-state index contributed by atoms with van der Waals surface area (Å²) in [6, 6.07) is 4.30. The Morgan fingerprint density at radius 1 is 1.17 bits per heavy atom. The van der Waals surface area contributed by atoms with Gasteiger partial charge in [0.2, 0.25) is 0 Å². The van der Waals surface area contributed by atoms with Crippen molar-refractivity contribution in [1.29, 1.82) is 0 Å². The Morgan fingerprint density at radius 3 is 2.22 bits per heavy atom. The zero-order valence-corrected chi connectivity index (χ0v) is 11.1. The fourth-order valence-corrected chi connectivity index (χ4v) is 1.53. The summed E-state index contributed by atoms with van der Waals surface area (Å²) in [5.74, 6) is -0.0231. The van der Waals surface area contributed by atoms with Gasteiger partial charge in [-0.05, 0) is 37.0 Å². The van der Waals surface area contributed by atoms with E-state index in [9.17, 15) is 13.2 Å². The molecule has 1 atom stereocenters. The van der Waals surface area contributed by atoms with Crippen molar-refractivity contribution in [2.75, 3.05) is 0 Å². The van der Waals surface area contributed by atoms with Gasteiger partial charge in [0.1, 0.15) is 5.75 Å². The van der Waals surface area contributed by atoms with Crippen molar-refractivity contribution < 1.29 is 17.9 Å². The Bertz CT molecular complexity index is 397. The largest absolute Gasteiger partial charge is 0.490 e. The van der Waals surface area contributed by atoms with Gasteiger partial charge in [-0.25, -0.2) is 0 Å². The highest BCUT2D eigenvalue weighted by Gasteiger charge is 2.35. The summed E-state index contributed by atoms with van der Waals surface area (Å²) in [5.41, 5.74) is -0.0205. The first-order valence-electron chi connectivity index (χ1n) is 6.13. The minimum absolute atomic E-state index is 0.0590. The van der Waals surface area contributed by atoms with Gasteiger partial charge in [0.15, 0.2) is 0 Å². The van der Waals surface area contributed by atoms with Crippen LogP contribution in [0.1, 0.15) is 51.2 Å². The maximum Gasteiger partial charge on any atom is 0.419 e. The molecule has 1 unspecified atom stereocenters. The van der Waals surface area contributed by atoms with E-state index >= 15 is 0 Å². The molecular formula is C14H19F3O. The van der Waals surface area contributed by atoms with Gasteiger partial charge in [-0.2, -0.15) is 13.2 Å². The molecule has 0 aromatic heterocycles. The molecule has 0 aliphatic rings. The van der Waals surface area contributed by atoms with Crippen molar-refractivity contribution >= 4 is 0 Å². The molecule has 1 aromatic carbocycles. The minimum atomic E-state index is -4.38. The third-order valence-electron chi connectivity index (χ3n) is 2.88. The number of halogens is 3. The molecule has 1 aromatic rings. The summed E-state index contributed by atoms with van der Waals surface area (Å²) < 4.78 is 44.2. The molecule has 0 N–H and O–H groups in total. The second-order valence-corrected chi connectivity index (χ2v) is 4.74. The average Bonchev–Trinajstić information content (AvgIpc) is 2.27. The van der Waals surface area contributed by atoms with Crippen LogP contribution in [0.3, 0.4) is 0 Å². The topological polar surface area (TPSA) is 9.23 Å². The van der Waals surface area contributed by atoms with Crippen molar-refractivity contribution in [3.05, 3.63) is 29.3 Å². The van der Waals surface area contributed by atoms with Crippen LogP contribution in [0.2, 0.25) is 0 Å². The average molecular weight is 260 g/mol. The van der Waals surface area contributed by atoms with Crippen molar-refractivity contribution in [3.63, 3.8) is 0 Å². The third-order valence-corrected chi connectivity index (χ3v) is 2.88. The van der Waals surface area contributed by atoms with Crippen LogP contribution < -0.4 is 4.74 Å². The van der Waals surface area contributed by atoms with E-state index in [4.69, 9.17) is 4.74 Å². The van der Waals surface area contributed by atoms with Gasteiger partial charge in [0.05, 0.1) is 11.7 Å². The van der Waals surface area contributed by atoms with E-state index in [-0.39, 0.29) is 17.8 Å². The summed E-state index contributed by atoms with van der Waals surface area (Å²) in [6.07, 6.45) is -3.94. The van der Waals surface area contributed by atoms with Gasteiger partial charge < -0.3 is 4.74 Å². The van der Waals surface area contributed by atoms with E-state index in [0.717, 1.165) is 0 Å². The van der Waals surface area contributed by atoms with E-state index in [1.54, 1.807) is 13.0 Å². The van der Waals surface area contributed by atoms with Gasteiger partial charge in [-0.3, -0.25) is 0 Å². The summed E-state index contributed by atoms with van der Waals surface area (Å²) in [6.45, 7) is 7.37. The lowest BCUT2D eigenvalue weighted by molar-refractivity contribution is -0.139. The van der Waals surface area contributed by atoms with Crippen molar-refractivity contribution in [2.24, 2.45) is 0 Å². The van der Waals surface area contributed by atoms with Crippen LogP contribution in [0, 0.1) is 0 Å². The van der Waals surface area contributed by atoms with Crippen LogP contribution in [-0.2, 0) is 6.18 Å². The molecule has 0 bridgehead atoms. The van der Waals surface area contributed by atoms with E-state index < -0.39 is 11.7 Å². The molecule has 1 rings (SSSR count). The summed E-state index contributed by atoms with van der Waals surface area (Å²) in [5, 5.41) is 0. The molecule has 0 fully saturated rings. The number of ether oxygens (including phenoxy) is 1. The highest BCUT2D eigenvalue weighted by atomic mass is 19.4. The Hall–Kier alpha value is -1.19. The molecule has 0 saturated carbocycles. The van der Waals surface area contributed by atoms with E-state index in [0.29, 0.717) is 12.0 Å². The first-order chi connectivity index (χ1) is 8.25. The van der Waals surface area contributed by atoms with Crippen LogP contribution in [0.4, 0.5) is 13.2 Å². The number of rotatable bonds is 4. The predicted octanol–water partition coefficient (Wildman–Crippen LogP) is 5.01. The van der Waals surface area contributed by atoms with Gasteiger partial charge in [-0.15, -0.1) is 0 Å². The normalized spacial score (nSPS) is 13.8. The second kappa shape index (κ2) is 5.63. The number of hydrogen-bond donors (Lipinski definition) is 0. The molecule has 102 valence electrons. The van der Waals surface area contributed by atoms with Gasteiger partial charge in [0.25, 0.3) is 0 Å². The number of alkyl halides is 3. The smallest absolute Gasteiger partial charge is 0.419 e. The SMILES string of the molecule is CCC(C)Oc1ccc(C(C)C)cc1C(F)(F)F. The predicted molar refractivity (Wildman–Crippen MR) is 65.9 cm³/mol. The van der Waals surface area contributed by atoms with Crippen molar-refractivity contribution in [2.45, 2.75) is 52.3 Å². The standard InChI is InChI=1S/C14H19F3O/c1-5-10(4)18-13-7-6-11(9(2)3)8-12(13)14(15,16)17/h6-10H,5H2,1-4H3. The van der Waals surface area contributed by atoms with Gasteiger partial charge in [-0.1, -0.05) is 26.8 Å². The lowest BCUT2D eigenvalue weighted by Gasteiger charge is -2.19. The zero-order valence-electron chi connectivity index (χ0n) is 11.1. The Labute approximate surface area is 106 Å². The zero-order chi connectivity index (χ0) is 13.9. The fourth-order valence-electron chi connectivity index (χ4n) is 1.53. The number of benzene rings is 1. The highest BCUT2D eigenvalue weighted by Crippen LogP contribution is 2.38. The van der Waals surface area contributed by atoms with Crippen molar-refractivity contribution in [3.8, 4) is 5.75 Å². The molecule has 18 heavy (non-hydrogen) atoms. The summed E-state index contributed by atoms with van der Waals surface area (Å²) in [7, 11) is 0. The molecular weight excluding hydrogens is 241 g/mol. The Balaban J connectivity index is 3.17. The molecule has 0 aliphatic carbocycles. The second-order valence-electron chi connectivity index (χ2n) is 4.74. The Morgan fingerprint density at radius 2 is 1.78 bits per heavy atom. The first kappa shape index (κ1) is 14.9. The molecule has 0 amide bonds. The molecule has 0 aliphatic heterocycles. The molecule has 0 saturated heterocycles. The lowest BCUT2D eigenvalue weighted by atomic mass is 10.00. The minimum Gasteiger partial charge on any atom is -0.490 e. The van der Waals surface area contributed by atoms with Gasteiger partial charge in [0, 0.05) is 0 Å². The highest BCUT2D eigenvalue weighted by molar-refractivity contribution is 5.40. The van der Waals surface area contributed by atoms with Crippen molar-refractivity contribution in [1.82, 2.24) is 0 Å². The quantitative estimate of drug-likeness (QED) is 0.739. The third kappa shape index (κ3) is 3.65. The summed E-state index contributed by atoms with van der Waals surface area (Å²) in [4.78, 5) is 0. The molecule has 0 radical (unpaired) electrons. The molecule has 4 heteroatoms. The monoisotopic (exact) mass is 260 g/mol. The maximum atomic E-state index is 13.0.